The van der Waals surface area contributed by atoms with Crippen LogP contribution in [0.25, 0.3) is 0 Å². The second-order valence-electron chi connectivity index (χ2n) is 6.12. The summed E-state index contributed by atoms with van der Waals surface area (Å²) in [6, 6.07) is 15.1. The monoisotopic (exact) mass is 324 g/mol. The predicted molar refractivity (Wildman–Crippen MR) is 98.4 cm³/mol. The molecular weight excluding hydrogens is 300 g/mol. The maximum Gasteiger partial charge on any atom is 0.316 e. The van der Waals surface area contributed by atoms with E-state index in [2.05, 4.69) is 19.2 Å². The fourth-order valence-electron chi connectivity index (χ4n) is 2.50. The number of aryl methyl sites for hydroxylation is 1. The fraction of sp³-hybridized carbons (Fsp3) is 0.300. The highest BCUT2D eigenvalue weighted by molar-refractivity contribution is 6.44. The molecule has 0 atom stereocenters. The van der Waals surface area contributed by atoms with Gasteiger partial charge in [0.2, 0.25) is 0 Å². The van der Waals surface area contributed by atoms with E-state index in [-0.39, 0.29) is 0 Å². The molecule has 2 aromatic carbocycles. The summed E-state index contributed by atoms with van der Waals surface area (Å²) in [7, 11) is 0. The van der Waals surface area contributed by atoms with Crippen LogP contribution in [-0.4, -0.2) is 18.4 Å². The highest BCUT2D eigenvalue weighted by Gasteiger charge is 2.22. The standard InChI is InChI=1S/C20H24N2O2/c1-5-22(18-8-6-7-15(4)13-18)20(24)19(23)21-17-11-9-16(10-12-17)14(2)3/h6-14H,5H2,1-4H3,(H,21,23). The third-order valence-electron chi connectivity index (χ3n) is 3.90. The molecule has 0 bridgehead atoms. The summed E-state index contributed by atoms with van der Waals surface area (Å²) in [5.74, 6) is -0.764. The van der Waals surface area contributed by atoms with Crippen molar-refractivity contribution in [2.24, 2.45) is 0 Å². The van der Waals surface area contributed by atoms with Crippen LogP contribution in [0.3, 0.4) is 0 Å². The van der Waals surface area contributed by atoms with Crippen molar-refractivity contribution in [2.45, 2.75) is 33.6 Å². The number of amides is 2. The van der Waals surface area contributed by atoms with Gasteiger partial charge in [0, 0.05) is 17.9 Å². The van der Waals surface area contributed by atoms with Gasteiger partial charge in [0.25, 0.3) is 0 Å². The Morgan fingerprint density at radius 1 is 1.08 bits per heavy atom. The number of carbonyl (C=O) groups excluding carboxylic acids is 2. The Labute approximate surface area is 143 Å². The summed E-state index contributed by atoms with van der Waals surface area (Å²) in [5, 5.41) is 2.68. The largest absolute Gasteiger partial charge is 0.318 e. The molecule has 0 aliphatic rings. The Bertz CT molecular complexity index is 721. The number of carbonyl (C=O) groups is 2. The molecule has 0 aromatic heterocycles. The lowest BCUT2D eigenvalue weighted by Gasteiger charge is -2.21. The predicted octanol–water partition coefficient (Wildman–Crippen LogP) is 4.11. The van der Waals surface area contributed by atoms with E-state index in [1.807, 2.05) is 62.4 Å². The average Bonchev–Trinajstić information content (AvgIpc) is 2.56. The van der Waals surface area contributed by atoms with E-state index in [1.54, 1.807) is 0 Å². The van der Waals surface area contributed by atoms with Gasteiger partial charge in [-0.1, -0.05) is 38.1 Å². The number of nitrogens with zero attached hydrogens (tertiary/aromatic N) is 1. The third-order valence-corrected chi connectivity index (χ3v) is 3.90. The summed E-state index contributed by atoms with van der Waals surface area (Å²) in [5.41, 5.74) is 3.59. The Balaban J connectivity index is 2.11. The number of likely N-dealkylation sites (N-methyl/N-ethyl adjacent to an activating group) is 1. The van der Waals surface area contributed by atoms with E-state index in [9.17, 15) is 9.59 Å². The summed E-state index contributed by atoms with van der Waals surface area (Å²) >= 11 is 0. The highest BCUT2D eigenvalue weighted by Crippen LogP contribution is 2.19. The minimum Gasteiger partial charge on any atom is -0.318 e. The van der Waals surface area contributed by atoms with E-state index in [0.717, 1.165) is 11.3 Å². The number of hydrogen-bond acceptors (Lipinski definition) is 2. The molecule has 2 amide bonds. The molecule has 0 unspecified atom stereocenters. The summed E-state index contributed by atoms with van der Waals surface area (Å²) in [6.45, 7) is 8.46. The van der Waals surface area contributed by atoms with Gasteiger partial charge >= 0.3 is 11.8 Å². The quantitative estimate of drug-likeness (QED) is 0.860. The van der Waals surface area contributed by atoms with Crippen molar-refractivity contribution in [1.29, 1.82) is 0 Å². The van der Waals surface area contributed by atoms with Crippen LogP contribution in [-0.2, 0) is 9.59 Å². The van der Waals surface area contributed by atoms with Crippen LogP contribution in [0.1, 0.15) is 37.8 Å². The second kappa shape index (κ2) is 7.77. The highest BCUT2D eigenvalue weighted by atomic mass is 16.2. The zero-order valence-electron chi connectivity index (χ0n) is 14.7. The molecule has 0 radical (unpaired) electrons. The number of benzene rings is 2. The molecule has 0 aliphatic heterocycles. The van der Waals surface area contributed by atoms with Gasteiger partial charge in [0.15, 0.2) is 0 Å². The topological polar surface area (TPSA) is 49.4 Å². The first-order chi connectivity index (χ1) is 11.4. The van der Waals surface area contributed by atoms with E-state index >= 15 is 0 Å². The van der Waals surface area contributed by atoms with Crippen molar-refractivity contribution in [3.05, 3.63) is 59.7 Å². The lowest BCUT2D eigenvalue weighted by molar-refractivity contribution is -0.134. The fourth-order valence-corrected chi connectivity index (χ4v) is 2.50. The van der Waals surface area contributed by atoms with Crippen molar-refractivity contribution in [2.75, 3.05) is 16.8 Å². The second-order valence-corrected chi connectivity index (χ2v) is 6.12. The lowest BCUT2D eigenvalue weighted by atomic mass is 10.0. The SMILES string of the molecule is CCN(C(=O)C(=O)Nc1ccc(C(C)C)cc1)c1cccc(C)c1. The Kier molecular flexibility index (Phi) is 5.74. The molecule has 4 heteroatoms. The molecule has 0 saturated carbocycles. The first-order valence-electron chi connectivity index (χ1n) is 8.21. The van der Waals surface area contributed by atoms with Crippen LogP contribution in [0.4, 0.5) is 11.4 Å². The zero-order valence-corrected chi connectivity index (χ0v) is 14.7. The molecule has 4 nitrogen and oxygen atoms in total. The number of hydrogen-bond donors (Lipinski definition) is 1. The first kappa shape index (κ1) is 17.7. The lowest BCUT2D eigenvalue weighted by Crippen LogP contribution is -2.39. The van der Waals surface area contributed by atoms with Crippen LogP contribution in [0.5, 0.6) is 0 Å². The van der Waals surface area contributed by atoms with Crippen molar-refractivity contribution in [3.8, 4) is 0 Å². The molecular formula is C20H24N2O2. The third kappa shape index (κ3) is 4.22. The van der Waals surface area contributed by atoms with Crippen molar-refractivity contribution >= 4 is 23.2 Å². The van der Waals surface area contributed by atoms with Crippen molar-refractivity contribution in [1.82, 2.24) is 0 Å². The van der Waals surface area contributed by atoms with Gasteiger partial charge < -0.3 is 10.2 Å². The molecule has 126 valence electrons. The molecule has 0 aliphatic carbocycles. The van der Waals surface area contributed by atoms with E-state index in [4.69, 9.17) is 0 Å². The van der Waals surface area contributed by atoms with Gasteiger partial charge in [-0.05, 0) is 55.2 Å². The van der Waals surface area contributed by atoms with E-state index in [1.165, 1.54) is 10.5 Å². The van der Waals surface area contributed by atoms with Gasteiger partial charge in [0.1, 0.15) is 0 Å². The van der Waals surface area contributed by atoms with E-state index in [0.29, 0.717) is 18.2 Å². The van der Waals surface area contributed by atoms with Gasteiger partial charge in [-0.3, -0.25) is 9.59 Å². The molecule has 24 heavy (non-hydrogen) atoms. The zero-order chi connectivity index (χ0) is 17.7. The Hall–Kier alpha value is -2.62. The summed E-state index contributed by atoms with van der Waals surface area (Å²) < 4.78 is 0. The summed E-state index contributed by atoms with van der Waals surface area (Å²) in [4.78, 5) is 26.2. The first-order valence-corrected chi connectivity index (χ1v) is 8.21. The molecule has 0 spiro atoms. The molecule has 2 rings (SSSR count). The molecule has 0 heterocycles. The number of rotatable bonds is 4. The van der Waals surface area contributed by atoms with E-state index < -0.39 is 11.8 Å². The van der Waals surface area contributed by atoms with Crippen molar-refractivity contribution in [3.63, 3.8) is 0 Å². The minimum absolute atomic E-state index is 0.424. The van der Waals surface area contributed by atoms with Crippen molar-refractivity contribution < 1.29 is 9.59 Å². The van der Waals surface area contributed by atoms with Gasteiger partial charge in [-0.2, -0.15) is 0 Å². The summed E-state index contributed by atoms with van der Waals surface area (Å²) in [6.07, 6.45) is 0. The Morgan fingerprint density at radius 3 is 2.29 bits per heavy atom. The molecule has 2 aromatic rings. The molecule has 1 N–H and O–H groups in total. The maximum absolute atomic E-state index is 12.5. The number of nitrogens with one attached hydrogen (secondary N) is 1. The van der Waals surface area contributed by atoms with Crippen LogP contribution < -0.4 is 10.2 Å². The van der Waals surface area contributed by atoms with Gasteiger partial charge in [-0.15, -0.1) is 0 Å². The van der Waals surface area contributed by atoms with Crippen LogP contribution >= 0.6 is 0 Å². The van der Waals surface area contributed by atoms with Crippen LogP contribution in [0.15, 0.2) is 48.5 Å². The van der Waals surface area contributed by atoms with Crippen LogP contribution in [0, 0.1) is 6.92 Å². The average molecular weight is 324 g/mol. The normalized spacial score (nSPS) is 10.5. The van der Waals surface area contributed by atoms with Crippen LogP contribution in [0.2, 0.25) is 0 Å². The number of anilines is 2. The van der Waals surface area contributed by atoms with Gasteiger partial charge in [0.05, 0.1) is 0 Å². The molecule has 0 fully saturated rings. The Morgan fingerprint density at radius 2 is 1.75 bits per heavy atom. The maximum atomic E-state index is 12.5. The minimum atomic E-state index is -0.629. The molecule has 0 saturated heterocycles. The smallest absolute Gasteiger partial charge is 0.316 e. The van der Waals surface area contributed by atoms with Gasteiger partial charge in [-0.25, -0.2) is 0 Å².